The van der Waals surface area contributed by atoms with Crippen molar-refractivity contribution in [3.8, 4) is 16.2 Å². The number of rotatable bonds is 26. The molecule has 3 atom stereocenters. The first kappa shape index (κ1) is 58.6. The van der Waals surface area contributed by atoms with Gasteiger partial charge in [-0.25, -0.2) is 9.98 Å². The molecule has 7 rings (SSSR count). The fourth-order valence-electron chi connectivity index (χ4n) is 9.39. The molecule has 78 heavy (non-hydrogen) atoms. The third-order valence-electron chi connectivity index (χ3n) is 13.8. The van der Waals surface area contributed by atoms with E-state index >= 15 is 0 Å². The number of aliphatic imine (C=N–C) groups is 1. The summed E-state index contributed by atoms with van der Waals surface area (Å²) in [5, 5.41) is 24.3. The number of carbonyl (C=O) groups excluding carboxylic acids is 4. The van der Waals surface area contributed by atoms with Gasteiger partial charge in [-0.05, 0) is 130 Å². The molecule has 3 aromatic carbocycles. The van der Waals surface area contributed by atoms with Crippen LogP contribution in [0.4, 0.5) is 5.69 Å². The third kappa shape index (κ3) is 16.9. The van der Waals surface area contributed by atoms with Crippen molar-refractivity contribution in [3.63, 3.8) is 0 Å². The molecule has 0 spiro atoms. The number of thiazole rings is 1. The average molecular weight is 1090 g/mol. The lowest BCUT2D eigenvalue weighted by Crippen LogP contribution is -2.58. The molecule has 0 bridgehead atoms. The highest BCUT2D eigenvalue weighted by Crippen LogP contribution is 2.29. The molecule has 3 unspecified atom stereocenters. The zero-order valence-corrected chi connectivity index (χ0v) is 46.1. The van der Waals surface area contributed by atoms with Gasteiger partial charge in [-0.15, -0.1) is 11.3 Å². The van der Waals surface area contributed by atoms with E-state index in [1.54, 1.807) is 48.0 Å². The Balaban J connectivity index is 0.746. The number of aryl methyl sites for hydroxylation is 1. The summed E-state index contributed by atoms with van der Waals surface area (Å²) in [5.74, 6) is -0.179. The number of nitrogens with two attached hydrogens (primary N) is 2. The van der Waals surface area contributed by atoms with Gasteiger partial charge in [-0.3, -0.25) is 29.6 Å². The Bertz CT molecular complexity index is 2810. The first-order valence-electron chi connectivity index (χ1n) is 26.8. The van der Waals surface area contributed by atoms with Crippen LogP contribution < -0.4 is 42.8 Å². The molecule has 0 saturated carbocycles. The Hall–Kier alpha value is -7.10. The van der Waals surface area contributed by atoms with Gasteiger partial charge in [0.2, 0.25) is 17.7 Å². The van der Waals surface area contributed by atoms with Gasteiger partial charge >= 0.3 is 0 Å². The van der Waals surface area contributed by atoms with E-state index in [0.29, 0.717) is 82.2 Å². The topological polar surface area (TPSA) is 273 Å². The van der Waals surface area contributed by atoms with Crippen LogP contribution in [0.2, 0.25) is 0 Å². The summed E-state index contributed by atoms with van der Waals surface area (Å²) in [6.45, 7) is 11.6. The van der Waals surface area contributed by atoms with E-state index in [-0.39, 0.29) is 42.8 Å². The van der Waals surface area contributed by atoms with E-state index in [9.17, 15) is 19.2 Å². The molecule has 416 valence electrons. The highest BCUT2D eigenvalue weighted by atomic mass is 32.1. The number of benzene rings is 3. The molecular weight excluding hydrogens is 1010 g/mol. The van der Waals surface area contributed by atoms with Crippen molar-refractivity contribution >= 4 is 52.3 Å². The van der Waals surface area contributed by atoms with Crippen LogP contribution in [-0.2, 0) is 36.9 Å². The lowest BCUT2D eigenvalue weighted by atomic mass is 9.85. The van der Waals surface area contributed by atoms with Gasteiger partial charge in [-0.2, -0.15) is 0 Å². The highest BCUT2D eigenvalue weighted by molar-refractivity contribution is 7.13. The van der Waals surface area contributed by atoms with Crippen molar-refractivity contribution in [1.29, 1.82) is 5.41 Å². The number of nitrogens with zero attached hydrogens (tertiary/aromatic N) is 4. The largest absolute Gasteiger partial charge is 0.494 e. The maximum absolute atomic E-state index is 14.0. The number of hydrogen-bond acceptors (Lipinski definition) is 14. The first-order valence-corrected chi connectivity index (χ1v) is 27.7. The summed E-state index contributed by atoms with van der Waals surface area (Å²) in [4.78, 5) is 69.5. The first-order chi connectivity index (χ1) is 37.6. The fourth-order valence-corrected chi connectivity index (χ4v) is 10.2. The van der Waals surface area contributed by atoms with Crippen LogP contribution in [0.3, 0.4) is 0 Å². The molecule has 0 radical (unpaired) electrons. The number of aromatic nitrogens is 2. The standard InChI is InChI=1S/C58H76N12O7S/c1-39-50(78-38-66-39)42-17-15-40(16-18-42)34-65-54(73)48-33-45(59)36-70(48)55(74)51(57(2,3)4)67-49(71)37-76-29-10-28-75-27-6-5-7-30-77-47-14-8-11-41(31-47)35-64-53(72)44-12-9-13-46(32-44)69-58(21-25-63-26-22-58)56(61)68-52(60)43-19-23-62-24-20-43/h8-9,11-20,23-24,31-32,38,45,48,51,63,69H,5-7,10,21-22,25-30,33-37,59H2,1-4H3,(H,64,72)(H,65,73)(H,67,71)(H3,60,61,68). The highest BCUT2D eigenvalue weighted by Gasteiger charge is 2.44. The van der Waals surface area contributed by atoms with E-state index < -0.39 is 28.9 Å². The Kier molecular flexibility index (Phi) is 21.4. The van der Waals surface area contributed by atoms with Gasteiger partial charge in [0.15, 0.2) is 5.84 Å². The number of hydrogen-bond donors (Lipinski definition) is 8. The monoisotopic (exact) mass is 1080 g/mol. The van der Waals surface area contributed by atoms with Gasteiger partial charge in [0.25, 0.3) is 5.91 Å². The number of carbonyl (C=O) groups is 4. The summed E-state index contributed by atoms with van der Waals surface area (Å²) in [6.07, 6.45) is 8.09. The van der Waals surface area contributed by atoms with E-state index in [1.807, 2.05) is 93.9 Å². The summed E-state index contributed by atoms with van der Waals surface area (Å²) in [7, 11) is 0. The van der Waals surface area contributed by atoms with Crippen LogP contribution in [0.25, 0.3) is 10.4 Å². The predicted molar refractivity (Wildman–Crippen MR) is 304 cm³/mol. The normalized spacial score (nSPS) is 16.7. The van der Waals surface area contributed by atoms with Gasteiger partial charge < -0.3 is 57.2 Å². The van der Waals surface area contributed by atoms with E-state index in [1.165, 1.54) is 4.90 Å². The molecule has 2 saturated heterocycles. The summed E-state index contributed by atoms with van der Waals surface area (Å²) < 4.78 is 17.5. The Morgan fingerprint density at radius 2 is 1.59 bits per heavy atom. The number of piperidine rings is 1. The smallest absolute Gasteiger partial charge is 0.251 e. The zero-order chi connectivity index (χ0) is 55.5. The maximum atomic E-state index is 14.0. The van der Waals surface area contributed by atoms with Crippen molar-refractivity contribution in [2.45, 2.75) is 109 Å². The van der Waals surface area contributed by atoms with E-state index in [0.717, 1.165) is 71.1 Å². The van der Waals surface area contributed by atoms with E-state index in [2.05, 4.69) is 41.5 Å². The average Bonchev–Trinajstić information content (AvgIpc) is 4.08. The molecule has 2 aromatic heterocycles. The molecule has 2 aliphatic rings. The second-order valence-electron chi connectivity index (χ2n) is 20.9. The molecule has 2 aliphatic heterocycles. The number of nitrogens with one attached hydrogen (secondary N) is 6. The van der Waals surface area contributed by atoms with Crippen molar-refractivity contribution < 1.29 is 33.4 Å². The minimum Gasteiger partial charge on any atom is -0.494 e. The maximum Gasteiger partial charge on any atom is 0.251 e. The summed E-state index contributed by atoms with van der Waals surface area (Å²) in [6, 6.07) is 24.4. The Labute approximate surface area is 461 Å². The predicted octanol–water partition coefficient (Wildman–Crippen LogP) is 6.11. The van der Waals surface area contributed by atoms with Crippen LogP contribution in [0.15, 0.2) is 108 Å². The van der Waals surface area contributed by atoms with Crippen LogP contribution in [0.1, 0.15) is 98.5 Å². The number of likely N-dealkylation sites (tertiary alicyclic amines) is 1. The van der Waals surface area contributed by atoms with Gasteiger partial charge in [0.1, 0.15) is 30.3 Å². The lowest BCUT2D eigenvalue weighted by molar-refractivity contribution is -0.144. The fraction of sp³-hybridized carbons (Fsp3) is 0.448. The van der Waals surface area contributed by atoms with Crippen molar-refractivity contribution in [1.82, 2.24) is 36.1 Å². The van der Waals surface area contributed by atoms with Gasteiger partial charge in [0, 0.05) is 74.7 Å². The van der Waals surface area contributed by atoms with Crippen LogP contribution >= 0.6 is 11.3 Å². The van der Waals surface area contributed by atoms with Gasteiger partial charge in [-0.1, -0.05) is 63.2 Å². The molecule has 20 heteroatoms. The summed E-state index contributed by atoms with van der Waals surface area (Å²) in [5.41, 5.74) is 19.1. The molecular formula is C58H76N12O7S. The SMILES string of the molecule is Cc1ncsc1-c1ccc(CNC(=O)C2CC(N)CN2C(=O)C(NC(=O)COCCCOCCCCCOc2cccc(CNC(=O)c3cccc(NC4(C(N)=NC(=N)c5ccncc5)CCNCC4)c3)c2)C(C)(C)C)cc1. The molecule has 19 nitrogen and oxygen atoms in total. The lowest BCUT2D eigenvalue weighted by Gasteiger charge is -2.38. The Morgan fingerprint density at radius 1 is 0.872 bits per heavy atom. The molecule has 4 heterocycles. The molecule has 4 amide bonds. The van der Waals surface area contributed by atoms with Crippen LogP contribution in [0.5, 0.6) is 5.75 Å². The Morgan fingerprint density at radius 3 is 2.33 bits per heavy atom. The quantitative estimate of drug-likeness (QED) is 0.0177. The van der Waals surface area contributed by atoms with E-state index in [4.69, 9.17) is 31.1 Å². The van der Waals surface area contributed by atoms with Crippen molar-refractivity contribution in [2.24, 2.45) is 21.9 Å². The number of pyridine rings is 1. The number of unbranched alkanes of at least 4 members (excludes halogenated alkanes) is 2. The third-order valence-corrected chi connectivity index (χ3v) is 14.7. The molecule has 2 fully saturated rings. The van der Waals surface area contributed by atoms with Gasteiger partial charge in [0.05, 0.1) is 28.2 Å². The number of amides is 4. The minimum atomic E-state index is -0.898. The second-order valence-corrected chi connectivity index (χ2v) is 21.8. The summed E-state index contributed by atoms with van der Waals surface area (Å²) >= 11 is 1.58. The van der Waals surface area contributed by atoms with Crippen LogP contribution in [-0.4, -0.2) is 127 Å². The van der Waals surface area contributed by atoms with Crippen molar-refractivity contribution in [3.05, 3.63) is 131 Å². The molecule has 0 aliphatic carbocycles. The van der Waals surface area contributed by atoms with Crippen LogP contribution in [0, 0.1) is 17.7 Å². The number of anilines is 1. The number of ether oxygens (including phenoxy) is 3. The zero-order valence-electron chi connectivity index (χ0n) is 45.3. The molecule has 5 aromatic rings. The minimum absolute atomic E-state index is 0.0592. The second kappa shape index (κ2) is 28.5. The number of amidine groups is 2. The van der Waals surface area contributed by atoms with Crippen molar-refractivity contribution in [2.75, 3.05) is 58.0 Å². The molecule has 10 N–H and O–H groups in total.